The van der Waals surface area contributed by atoms with Gasteiger partial charge in [0.05, 0.1) is 25.4 Å². The maximum Gasteiger partial charge on any atom is 0.305 e. The molecule has 6 heteroatoms. The number of hydrogen-bond donors (Lipinski definition) is 3. The molecule has 0 saturated heterocycles. The third-order valence-corrected chi connectivity index (χ3v) is 13.3. The average Bonchev–Trinajstić information content (AvgIpc) is 3.29. The molecule has 2 unspecified atom stereocenters. The lowest BCUT2D eigenvalue weighted by atomic mass is 10.0. The zero-order chi connectivity index (χ0) is 46.5. The number of esters is 1. The molecule has 0 aliphatic carbocycles. The average molecular weight is 903 g/mol. The highest BCUT2D eigenvalue weighted by Gasteiger charge is 2.20. The zero-order valence-corrected chi connectivity index (χ0v) is 43.0. The van der Waals surface area contributed by atoms with Gasteiger partial charge in [0.15, 0.2) is 0 Å². The van der Waals surface area contributed by atoms with E-state index in [9.17, 15) is 19.8 Å². The molecule has 64 heavy (non-hydrogen) atoms. The summed E-state index contributed by atoms with van der Waals surface area (Å²) in [5.74, 6) is -0.0624. The Hall–Kier alpha value is -1.66. The van der Waals surface area contributed by atoms with Crippen molar-refractivity contribution >= 4 is 11.9 Å². The van der Waals surface area contributed by atoms with Gasteiger partial charge in [0, 0.05) is 12.8 Å². The Labute approximate surface area is 399 Å². The number of nitrogens with one attached hydrogen (secondary N) is 1. The summed E-state index contributed by atoms with van der Waals surface area (Å²) in [6, 6.07) is -0.552. The van der Waals surface area contributed by atoms with Crippen LogP contribution in [0.5, 0.6) is 0 Å². The molecule has 0 fully saturated rings. The third kappa shape index (κ3) is 49.8. The van der Waals surface area contributed by atoms with Gasteiger partial charge in [-0.2, -0.15) is 0 Å². The highest BCUT2D eigenvalue weighted by molar-refractivity contribution is 5.76. The van der Waals surface area contributed by atoms with E-state index in [1.807, 2.05) is 0 Å². The summed E-state index contributed by atoms with van der Waals surface area (Å²) in [7, 11) is 0. The van der Waals surface area contributed by atoms with Gasteiger partial charge < -0.3 is 20.3 Å². The van der Waals surface area contributed by atoms with Crippen LogP contribution in [0.2, 0.25) is 0 Å². The molecule has 0 spiro atoms. The number of hydrogen-bond acceptors (Lipinski definition) is 5. The fraction of sp³-hybridized carbons (Fsp3) is 0.897. The Morgan fingerprint density at radius 1 is 0.438 bits per heavy atom. The molecule has 0 aromatic carbocycles. The second kappa shape index (κ2) is 54.0. The van der Waals surface area contributed by atoms with E-state index >= 15 is 0 Å². The summed E-state index contributed by atoms with van der Waals surface area (Å²) < 4.78 is 5.47. The highest BCUT2D eigenvalue weighted by atomic mass is 16.5. The number of ether oxygens (including phenoxy) is 1. The van der Waals surface area contributed by atoms with Crippen LogP contribution in [0.3, 0.4) is 0 Å². The van der Waals surface area contributed by atoms with Crippen molar-refractivity contribution < 1.29 is 24.5 Å². The van der Waals surface area contributed by atoms with Crippen LogP contribution in [-0.2, 0) is 14.3 Å². The van der Waals surface area contributed by atoms with Crippen LogP contribution in [0.4, 0.5) is 0 Å². The molecule has 0 radical (unpaired) electrons. The van der Waals surface area contributed by atoms with E-state index in [0.29, 0.717) is 25.9 Å². The Balaban J connectivity index is 3.45. The van der Waals surface area contributed by atoms with Gasteiger partial charge in [0.1, 0.15) is 0 Å². The quantitative estimate of drug-likeness (QED) is 0.0321. The summed E-state index contributed by atoms with van der Waals surface area (Å²) >= 11 is 0. The predicted molar refractivity (Wildman–Crippen MR) is 278 cm³/mol. The molecule has 0 saturated carbocycles. The number of aliphatic hydroxyl groups excluding tert-OH is 2. The van der Waals surface area contributed by atoms with Crippen molar-refractivity contribution in [3.05, 3.63) is 24.3 Å². The number of amides is 1. The maximum atomic E-state index is 12.4. The largest absolute Gasteiger partial charge is 0.466 e. The second-order valence-corrected chi connectivity index (χ2v) is 19.6. The van der Waals surface area contributed by atoms with Gasteiger partial charge >= 0.3 is 5.97 Å². The van der Waals surface area contributed by atoms with Crippen molar-refractivity contribution in [1.82, 2.24) is 5.32 Å². The van der Waals surface area contributed by atoms with Gasteiger partial charge in [-0.1, -0.05) is 256 Å². The fourth-order valence-corrected chi connectivity index (χ4v) is 8.85. The van der Waals surface area contributed by atoms with Gasteiger partial charge in [-0.3, -0.25) is 9.59 Å². The lowest BCUT2D eigenvalue weighted by Crippen LogP contribution is -2.45. The van der Waals surface area contributed by atoms with Crippen LogP contribution in [0.25, 0.3) is 0 Å². The number of aliphatic hydroxyl groups is 2. The molecular formula is C58H111NO5. The molecule has 0 heterocycles. The summed E-state index contributed by atoms with van der Waals surface area (Å²) in [6.45, 7) is 4.91. The van der Waals surface area contributed by atoms with Crippen molar-refractivity contribution in [2.24, 2.45) is 0 Å². The molecule has 0 aliphatic heterocycles. The minimum Gasteiger partial charge on any atom is -0.466 e. The summed E-state index contributed by atoms with van der Waals surface area (Å²) in [5.41, 5.74) is 0. The summed E-state index contributed by atoms with van der Waals surface area (Å²) in [6.07, 6.45) is 64.6. The first-order chi connectivity index (χ1) is 31.5. The molecule has 3 N–H and O–H groups in total. The lowest BCUT2D eigenvalue weighted by molar-refractivity contribution is -0.143. The molecule has 1 amide bonds. The van der Waals surface area contributed by atoms with E-state index in [0.717, 1.165) is 83.5 Å². The highest BCUT2D eigenvalue weighted by Crippen LogP contribution is 2.17. The Morgan fingerprint density at radius 3 is 1.19 bits per heavy atom. The molecule has 0 bridgehead atoms. The number of carbonyl (C=O) groups excluding carboxylic acids is 2. The second-order valence-electron chi connectivity index (χ2n) is 19.6. The topological polar surface area (TPSA) is 95.9 Å². The maximum absolute atomic E-state index is 12.4. The molecule has 0 aromatic rings. The van der Waals surface area contributed by atoms with E-state index < -0.39 is 12.1 Å². The molecule has 6 nitrogen and oxygen atoms in total. The Bertz CT molecular complexity index is 997. The Morgan fingerprint density at radius 2 is 0.781 bits per heavy atom. The number of allylic oxidation sites excluding steroid dienone is 4. The van der Waals surface area contributed by atoms with Crippen LogP contribution in [-0.4, -0.2) is 47.4 Å². The van der Waals surface area contributed by atoms with Gasteiger partial charge in [-0.15, -0.1) is 0 Å². The van der Waals surface area contributed by atoms with Crippen LogP contribution >= 0.6 is 0 Å². The third-order valence-electron chi connectivity index (χ3n) is 13.3. The van der Waals surface area contributed by atoms with Crippen LogP contribution in [0.15, 0.2) is 24.3 Å². The molecule has 0 aliphatic rings. The number of unbranched alkanes of at least 4 members (excludes halogenated alkanes) is 38. The van der Waals surface area contributed by atoms with Crippen molar-refractivity contribution in [2.45, 2.75) is 321 Å². The van der Waals surface area contributed by atoms with E-state index in [1.54, 1.807) is 0 Å². The fourth-order valence-electron chi connectivity index (χ4n) is 8.85. The summed E-state index contributed by atoms with van der Waals surface area (Å²) in [4.78, 5) is 24.5. The van der Waals surface area contributed by atoms with Crippen LogP contribution in [0.1, 0.15) is 309 Å². The number of carbonyl (C=O) groups is 2. The van der Waals surface area contributed by atoms with E-state index in [1.165, 1.54) is 193 Å². The van der Waals surface area contributed by atoms with Crippen LogP contribution < -0.4 is 5.32 Å². The van der Waals surface area contributed by atoms with Gasteiger partial charge in [0.25, 0.3) is 0 Å². The Kier molecular flexibility index (Phi) is 52.6. The van der Waals surface area contributed by atoms with Crippen molar-refractivity contribution in [3.8, 4) is 0 Å². The van der Waals surface area contributed by atoms with Crippen molar-refractivity contribution in [3.63, 3.8) is 0 Å². The first-order valence-corrected chi connectivity index (χ1v) is 28.6. The minimum atomic E-state index is -0.673. The first kappa shape index (κ1) is 62.3. The molecule has 0 rings (SSSR count). The van der Waals surface area contributed by atoms with Crippen molar-refractivity contribution in [2.75, 3.05) is 13.2 Å². The first-order valence-electron chi connectivity index (χ1n) is 28.6. The van der Waals surface area contributed by atoms with Gasteiger partial charge in [0.2, 0.25) is 5.91 Å². The predicted octanol–water partition coefficient (Wildman–Crippen LogP) is 17.5. The molecular weight excluding hydrogens is 791 g/mol. The molecule has 2 atom stereocenters. The molecule has 378 valence electrons. The SMILES string of the molecule is CCCCCCCCCCCCCCCCCCCCCC(=O)OCCCCC/C=C\C/C=C\CCCCCCCCCC(=O)NC(CO)C(O)CCCCCCCCCCCCC. The number of rotatable bonds is 53. The van der Waals surface area contributed by atoms with Gasteiger partial charge in [-0.05, 0) is 64.2 Å². The van der Waals surface area contributed by atoms with E-state index in [-0.39, 0.29) is 18.5 Å². The zero-order valence-electron chi connectivity index (χ0n) is 43.0. The smallest absolute Gasteiger partial charge is 0.305 e. The van der Waals surface area contributed by atoms with E-state index in [4.69, 9.17) is 4.74 Å². The minimum absolute atomic E-state index is 0.0107. The lowest BCUT2D eigenvalue weighted by Gasteiger charge is -2.22. The standard InChI is InChI=1S/C58H111NO5/c1-3-5-7-9-11-13-15-16-17-18-19-22-25-28-32-36-40-44-48-52-58(63)64-53-49-45-41-37-33-29-26-23-20-21-24-27-31-35-39-43-47-51-57(62)59-55(54-60)56(61)50-46-42-38-34-30-14-12-10-8-6-4-2/h20,23,29,33,55-56,60-61H,3-19,21-22,24-28,30-32,34-54H2,1-2H3,(H,59,62)/b23-20-,33-29-. The van der Waals surface area contributed by atoms with E-state index in [2.05, 4.69) is 43.5 Å². The van der Waals surface area contributed by atoms with Crippen molar-refractivity contribution in [1.29, 1.82) is 0 Å². The normalized spacial score (nSPS) is 12.8. The van der Waals surface area contributed by atoms with Gasteiger partial charge in [-0.25, -0.2) is 0 Å². The monoisotopic (exact) mass is 902 g/mol. The van der Waals surface area contributed by atoms with Crippen LogP contribution in [0, 0.1) is 0 Å². The molecule has 0 aromatic heterocycles. The summed E-state index contributed by atoms with van der Waals surface area (Å²) in [5, 5.41) is 23.1.